The predicted molar refractivity (Wildman–Crippen MR) is 121 cm³/mol. The van der Waals surface area contributed by atoms with Crippen molar-refractivity contribution in [2.24, 2.45) is 5.92 Å². The summed E-state index contributed by atoms with van der Waals surface area (Å²) in [5.74, 6) is 0.652. The largest absolute Gasteiger partial charge is 0.366 e. The number of anilines is 1. The van der Waals surface area contributed by atoms with Gasteiger partial charge in [0.1, 0.15) is 5.69 Å². The van der Waals surface area contributed by atoms with Crippen molar-refractivity contribution in [3.05, 3.63) is 75.7 Å². The monoisotopic (exact) mass is 434 g/mol. The van der Waals surface area contributed by atoms with Crippen molar-refractivity contribution >= 4 is 17.3 Å². The van der Waals surface area contributed by atoms with Gasteiger partial charge >= 0.3 is 0 Å². The Kier molecular flexibility index (Phi) is 6.16. The molecule has 0 radical (unpaired) electrons. The number of piperidine rings is 1. The van der Waals surface area contributed by atoms with Gasteiger partial charge in [-0.3, -0.25) is 14.9 Å². The molecule has 9 nitrogen and oxygen atoms in total. The zero-order valence-electron chi connectivity index (χ0n) is 18.2. The molecule has 1 aliphatic heterocycles. The maximum Gasteiger partial charge on any atom is 0.292 e. The molecular formula is C23H26N6O3. The smallest absolute Gasteiger partial charge is 0.292 e. The van der Waals surface area contributed by atoms with E-state index in [-0.39, 0.29) is 22.4 Å². The first-order valence-corrected chi connectivity index (χ1v) is 10.7. The first kappa shape index (κ1) is 21.5. The second kappa shape index (κ2) is 9.17. The van der Waals surface area contributed by atoms with Gasteiger partial charge in [0.25, 0.3) is 5.69 Å². The number of hydrogen-bond donors (Lipinski definition) is 1. The molecule has 3 heterocycles. The summed E-state index contributed by atoms with van der Waals surface area (Å²) < 4.78 is 1.79. The summed E-state index contributed by atoms with van der Waals surface area (Å²) in [5.41, 5.74) is 3.59. The van der Waals surface area contributed by atoms with Gasteiger partial charge in [0.15, 0.2) is 5.82 Å². The van der Waals surface area contributed by atoms with Crippen molar-refractivity contribution in [1.82, 2.24) is 20.1 Å². The normalized spacial score (nSPS) is 14.4. The van der Waals surface area contributed by atoms with Crippen molar-refractivity contribution in [3.63, 3.8) is 0 Å². The van der Waals surface area contributed by atoms with Crippen molar-refractivity contribution in [2.45, 2.75) is 33.2 Å². The van der Waals surface area contributed by atoms with Gasteiger partial charge in [-0.1, -0.05) is 18.2 Å². The highest BCUT2D eigenvalue weighted by atomic mass is 16.6. The molecule has 0 spiro atoms. The lowest BCUT2D eigenvalue weighted by molar-refractivity contribution is -0.384. The molecule has 1 fully saturated rings. The van der Waals surface area contributed by atoms with Crippen LogP contribution in [0.2, 0.25) is 0 Å². The second-order valence-corrected chi connectivity index (χ2v) is 8.09. The second-order valence-electron chi connectivity index (χ2n) is 8.09. The van der Waals surface area contributed by atoms with Crippen LogP contribution in [0.1, 0.15) is 29.8 Å². The van der Waals surface area contributed by atoms with E-state index in [1.807, 2.05) is 36.9 Å². The summed E-state index contributed by atoms with van der Waals surface area (Å²) >= 11 is 0. The number of benzene rings is 1. The molecule has 0 bridgehead atoms. The zero-order valence-corrected chi connectivity index (χ0v) is 18.2. The summed E-state index contributed by atoms with van der Waals surface area (Å²) in [6.45, 7) is 5.56. The predicted octanol–water partition coefficient (Wildman–Crippen LogP) is 3.33. The number of carbonyl (C=O) groups is 1. The van der Waals surface area contributed by atoms with Crippen LogP contribution in [0.3, 0.4) is 0 Å². The maximum atomic E-state index is 12.7. The van der Waals surface area contributed by atoms with E-state index >= 15 is 0 Å². The molecule has 1 aromatic carbocycles. The van der Waals surface area contributed by atoms with E-state index in [2.05, 4.69) is 15.4 Å². The molecule has 0 atom stereocenters. The van der Waals surface area contributed by atoms with Crippen LogP contribution in [0.4, 0.5) is 11.4 Å². The average molecular weight is 435 g/mol. The summed E-state index contributed by atoms with van der Waals surface area (Å²) in [4.78, 5) is 30.0. The Balaban J connectivity index is 1.30. The molecule has 2 aromatic heterocycles. The maximum absolute atomic E-state index is 12.7. The zero-order chi connectivity index (χ0) is 22.7. The van der Waals surface area contributed by atoms with E-state index in [1.165, 1.54) is 6.07 Å². The fraction of sp³-hybridized carbons (Fsp3) is 0.348. The van der Waals surface area contributed by atoms with Gasteiger partial charge in [-0.25, -0.2) is 9.67 Å². The molecule has 166 valence electrons. The van der Waals surface area contributed by atoms with Crippen LogP contribution in [-0.2, 0) is 11.3 Å². The molecule has 4 rings (SSSR count). The van der Waals surface area contributed by atoms with Gasteiger partial charge in [0.05, 0.1) is 10.6 Å². The highest BCUT2D eigenvalue weighted by molar-refractivity contribution is 5.79. The fourth-order valence-corrected chi connectivity index (χ4v) is 4.11. The number of hydrogen-bond acceptors (Lipinski definition) is 6. The average Bonchev–Trinajstić information content (AvgIpc) is 3.15. The standard InChI is InChI=1S/C23H26N6O3/c1-16-13-17(2)28(26-16)22-8-7-18(14-24-22)15-25-23(30)19-9-11-27(12-10-19)20-5-3-4-6-21(20)29(31)32/h3-8,13-14,19H,9-12,15H2,1-2H3,(H,25,30). The lowest BCUT2D eigenvalue weighted by atomic mass is 9.95. The van der Waals surface area contributed by atoms with Crippen molar-refractivity contribution in [1.29, 1.82) is 0 Å². The van der Waals surface area contributed by atoms with Gasteiger partial charge in [-0.2, -0.15) is 5.10 Å². The molecule has 1 N–H and O–H groups in total. The SMILES string of the molecule is Cc1cc(C)n(-c2ccc(CNC(=O)C3CCN(c4ccccc4[N+](=O)[O-])CC3)cn2)n1. The van der Waals surface area contributed by atoms with E-state index in [0.717, 1.165) is 22.8 Å². The Morgan fingerprint density at radius 3 is 2.56 bits per heavy atom. The van der Waals surface area contributed by atoms with Gasteiger partial charge in [-0.15, -0.1) is 0 Å². The van der Waals surface area contributed by atoms with E-state index in [0.29, 0.717) is 38.2 Å². The number of nitro benzene ring substituents is 1. The molecular weight excluding hydrogens is 408 g/mol. The first-order chi connectivity index (χ1) is 15.4. The van der Waals surface area contributed by atoms with Crippen LogP contribution >= 0.6 is 0 Å². The van der Waals surface area contributed by atoms with E-state index in [9.17, 15) is 14.9 Å². The van der Waals surface area contributed by atoms with Crippen LogP contribution < -0.4 is 10.2 Å². The minimum absolute atomic E-state index is 0.00911. The third kappa shape index (κ3) is 4.61. The third-order valence-electron chi connectivity index (χ3n) is 5.79. The van der Waals surface area contributed by atoms with Crippen molar-refractivity contribution in [2.75, 3.05) is 18.0 Å². The summed E-state index contributed by atoms with van der Waals surface area (Å²) in [5, 5.41) is 18.7. The molecule has 1 aliphatic rings. The Morgan fingerprint density at radius 2 is 1.94 bits per heavy atom. The van der Waals surface area contributed by atoms with Gasteiger partial charge < -0.3 is 10.2 Å². The number of aryl methyl sites for hydroxylation is 2. The number of nitro groups is 1. The van der Waals surface area contributed by atoms with Crippen LogP contribution in [0.15, 0.2) is 48.7 Å². The number of amides is 1. The molecule has 1 saturated heterocycles. The van der Waals surface area contributed by atoms with Crippen LogP contribution in [0.5, 0.6) is 0 Å². The van der Waals surface area contributed by atoms with Gasteiger partial charge in [0, 0.05) is 43.5 Å². The number of pyridine rings is 1. The highest BCUT2D eigenvalue weighted by Gasteiger charge is 2.27. The number of rotatable bonds is 6. The Bertz CT molecular complexity index is 1120. The Morgan fingerprint density at radius 1 is 1.19 bits per heavy atom. The molecule has 32 heavy (non-hydrogen) atoms. The highest BCUT2D eigenvalue weighted by Crippen LogP contribution is 2.31. The number of aromatic nitrogens is 3. The topological polar surface area (TPSA) is 106 Å². The van der Waals surface area contributed by atoms with Crippen molar-refractivity contribution < 1.29 is 9.72 Å². The quantitative estimate of drug-likeness (QED) is 0.471. The first-order valence-electron chi connectivity index (χ1n) is 10.7. The minimum atomic E-state index is -0.359. The summed E-state index contributed by atoms with van der Waals surface area (Å²) in [6, 6.07) is 12.6. The Labute approximate surface area is 186 Å². The Hall–Kier alpha value is -3.75. The number of carbonyl (C=O) groups excluding carboxylic acids is 1. The summed E-state index contributed by atoms with van der Waals surface area (Å²) in [6.07, 6.45) is 3.07. The lowest BCUT2D eigenvalue weighted by Crippen LogP contribution is -2.40. The molecule has 1 amide bonds. The van der Waals surface area contributed by atoms with Gasteiger partial charge in [0.2, 0.25) is 5.91 Å². The van der Waals surface area contributed by atoms with Crippen LogP contribution in [0.25, 0.3) is 5.82 Å². The van der Waals surface area contributed by atoms with Gasteiger partial charge in [-0.05, 0) is 50.5 Å². The molecule has 0 aliphatic carbocycles. The van der Waals surface area contributed by atoms with E-state index in [4.69, 9.17) is 0 Å². The van der Waals surface area contributed by atoms with Crippen molar-refractivity contribution in [3.8, 4) is 5.82 Å². The number of nitrogens with one attached hydrogen (secondary N) is 1. The lowest BCUT2D eigenvalue weighted by Gasteiger charge is -2.32. The van der Waals surface area contributed by atoms with E-state index < -0.39 is 0 Å². The number of nitrogens with zero attached hydrogens (tertiary/aromatic N) is 5. The number of para-hydroxylation sites is 2. The molecule has 3 aromatic rings. The molecule has 9 heteroatoms. The van der Waals surface area contributed by atoms with E-state index in [1.54, 1.807) is 29.1 Å². The van der Waals surface area contributed by atoms with Crippen LogP contribution in [0, 0.1) is 29.9 Å². The fourth-order valence-electron chi connectivity index (χ4n) is 4.11. The third-order valence-corrected chi connectivity index (χ3v) is 5.79. The molecule has 0 saturated carbocycles. The minimum Gasteiger partial charge on any atom is -0.366 e. The molecule has 0 unspecified atom stereocenters. The summed E-state index contributed by atoms with van der Waals surface area (Å²) in [7, 11) is 0. The van der Waals surface area contributed by atoms with Crippen LogP contribution in [-0.4, -0.2) is 38.7 Å².